The summed E-state index contributed by atoms with van der Waals surface area (Å²) in [6.07, 6.45) is 2.13. The molecule has 0 aliphatic carbocycles. The first-order valence-electron chi connectivity index (χ1n) is 7.53. The van der Waals surface area contributed by atoms with Gasteiger partial charge in [-0.05, 0) is 53.4 Å². The van der Waals surface area contributed by atoms with Gasteiger partial charge in [0, 0.05) is 10.7 Å². The molecule has 1 atom stereocenters. The van der Waals surface area contributed by atoms with Crippen molar-refractivity contribution in [2.45, 2.75) is 25.8 Å². The highest BCUT2D eigenvalue weighted by molar-refractivity contribution is 7.17. The summed E-state index contributed by atoms with van der Waals surface area (Å²) in [5.74, 6) is 0. The third-order valence-electron chi connectivity index (χ3n) is 4.11. The van der Waals surface area contributed by atoms with Crippen molar-refractivity contribution in [1.29, 1.82) is 0 Å². The van der Waals surface area contributed by atoms with Crippen LogP contribution >= 0.6 is 11.3 Å². The summed E-state index contributed by atoms with van der Waals surface area (Å²) in [5, 5.41) is 7.16. The first kappa shape index (κ1) is 14.3. The maximum absolute atomic E-state index is 3.48. The smallest absolute Gasteiger partial charge is 0.0372 e. The van der Waals surface area contributed by atoms with E-state index in [4.69, 9.17) is 0 Å². The molecular formula is C19H21NS. The molecule has 21 heavy (non-hydrogen) atoms. The maximum Gasteiger partial charge on any atom is 0.0372 e. The molecule has 2 heteroatoms. The lowest BCUT2D eigenvalue weighted by Crippen LogP contribution is -2.18. The van der Waals surface area contributed by atoms with Crippen LogP contribution in [0.4, 0.5) is 0 Å². The number of hydrogen-bond acceptors (Lipinski definition) is 2. The average Bonchev–Trinajstić information content (AvgIpc) is 2.97. The van der Waals surface area contributed by atoms with Crippen molar-refractivity contribution >= 4 is 21.4 Å². The lowest BCUT2D eigenvalue weighted by Gasteiger charge is -2.16. The van der Waals surface area contributed by atoms with E-state index in [1.807, 2.05) is 11.3 Å². The standard InChI is InChI=1S/C19H21NS/c1-3-14-8-10-15(11-9-14)12-18(20-2)17-13-21-19-7-5-4-6-16(17)19/h4-11,13,18,20H,3,12H2,1-2H3. The molecule has 0 saturated carbocycles. The van der Waals surface area contributed by atoms with Gasteiger partial charge in [0.1, 0.15) is 0 Å². The molecule has 0 fully saturated rings. The summed E-state index contributed by atoms with van der Waals surface area (Å²) in [4.78, 5) is 0. The van der Waals surface area contributed by atoms with Crippen LogP contribution in [-0.4, -0.2) is 7.05 Å². The Morgan fingerprint density at radius 3 is 2.43 bits per heavy atom. The van der Waals surface area contributed by atoms with E-state index in [9.17, 15) is 0 Å². The van der Waals surface area contributed by atoms with Crippen LogP contribution in [0.25, 0.3) is 10.1 Å². The Morgan fingerprint density at radius 2 is 1.71 bits per heavy atom. The molecule has 3 aromatic rings. The molecule has 1 heterocycles. The minimum atomic E-state index is 0.369. The second kappa shape index (κ2) is 6.42. The molecule has 0 saturated heterocycles. The Hall–Kier alpha value is -1.64. The van der Waals surface area contributed by atoms with Gasteiger partial charge >= 0.3 is 0 Å². The van der Waals surface area contributed by atoms with E-state index in [1.165, 1.54) is 26.8 Å². The molecule has 1 unspecified atom stereocenters. The number of thiophene rings is 1. The van der Waals surface area contributed by atoms with Gasteiger partial charge < -0.3 is 5.32 Å². The lowest BCUT2D eigenvalue weighted by molar-refractivity contribution is 0.597. The predicted octanol–water partition coefficient (Wildman–Crippen LogP) is 4.97. The number of rotatable bonds is 5. The van der Waals surface area contributed by atoms with Gasteiger partial charge in [0.15, 0.2) is 0 Å². The molecule has 2 aromatic carbocycles. The highest BCUT2D eigenvalue weighted by Crippen LogP contribution is 2.31. The fourth-order valence-corrected chi connectivity index (χ4v) is 3.80. The molecule has 108 valence electrons. The summed E-state index contributed by atoms with van der Waals surface area (Å²) in [6, 6.07) is 18.0. The van der Waals surface area contributed by atoms with Crippen molar-refractivity contribution in [3.05, 3.63) is 70.6 Å². The van der Waals surface area contributed by atoms with E-state index in [0.717, 1.165) is 12.8 Å². The van der Waals surface area contributed by atoms with E-state index < -0.39 is 0 Å². The second-order valence-corrected chi connectivity index (χ2v) is 6.31. The van der Waals surface area contributed by atoms with Crippen LogP contribution in [0, 0.1) is 0 Å². The quantitative estimate of drug-likeness (QED) is 0.701. The minimum absolute atomic E-state index is 0.369. The Balaban J connectivity index is 1.87. The van der Waals surface area contributed by atoms with Crippen molar-refractivity contribution in [2.24, 2.45) is 0 Å². The molecular weight excluding hydrogens is 274 g/mol. The summed E-state index contributed by atoms with van der Waals surface area (Å²) in [6.45, 7) is 2.20. The minimum Gasteiger partial charge on any atom is -0.313 e. The number of benzene rings is 2. The van der Waals surface area contributed by atoms with Gasteiger partial charge in [-0.3, -0.25) is 0 Å². The summed E-state index contributed by atoms with van der Waals surface area (Å²) < 4.78 is 1.37. The summed E-state index contributed by atoms with van der Waals surface area (Å²) in [5.41, 5.74) is 4.21. The fourth-order valence-electron chi connectivity index (χ4n) is 2.78. The zero-order valence-electron chi connectivity index (χ0n) is 12.6. The van der Waals surface area contributed by atoms with Crippen molar-refractivity contribution in [3.63, 3.8) is 0 Å². The Labute approximate surface area is 130 Å². The van der Waals surface area contributed by atoms with Crippen molar-refractivity contribution < 1.29 is 0 Å². The van der Waals surface area contributed by atoms with Gasteiger partial charge in [-0.1, -0.05) is 49.4 Å². The van der Waals surface area contributed by atoms with E-state index in [1.54, 1.807) is 0 Å². The highest BCUT2D eigenvalue weighted by Gasteiger charge is 2.14. The van der Waals surface area contributed by atoms with Crippen LogP contribution in [0.15, 0.2) is 53.9 Å². The third-order valence-corrected chi connectivity index (χ3v) is 5.09. The van der Waals surface area contributed by atoms with Gasteiger partial charge in [0.2, 0.25) is 0 Å². The van der Waals surface area contributed by atoms with Gasteiger partial charge in [-0.2, -0.15) is 0 Å². The van der Waals surface area contributed by atoms with Crippen molar-refractivity contribution in [2.75, 3.05) is 7.05 Å². The number of aryl methyl sites for hydroxylation is 1. The SMILES string of the molecule is CCc1ccc(CC(NC)c2csc3ccccc23)cc1. The van der Waals surface area contributed by atoms with Gasteiger partial charge in [-0.25, -0.2) is 0 Å². The average molecular weight is 295 g/mol. The van der Waals surface area contributed by atoms with Crippen LogP contribution in [0.3, 0.4) is 0 Å². The molecule has 1 aromatic heterocycles. The second-order valence-electron chi connectivity index (χ2n) is 5.40. The summed E-state index contributed by atoms with van der Waals surface area (Å²) in [7, 11) is 2.05. The molecule has 0 amide bonds. The van der Waals surface area contributed by atoms with Crippen LogP contribution in [0.5, 0.6) is 0 Å². The monoisotopic (exact) mass is 295 g/mol. The maximum atomic E-state index is 3.48. The van der Waals surface area contributed by atoms with E-state index >= 15 is 0 Å². The molecule has 0 spiro atoms. The molecule has 1 nitrogen and oxygen atoms in total. The van der Waals surface area contributed by atoms with Crippen LogP contribution in [-0.2, 0) is 12.8 Å². The zero-order valence-corrected chi connectivity index (χ0v) is 13.4. The Bertz CT molecular complexity index is 712. The molecule has 0 aliphatic heterocycles. The highest BCUT2D eigenvalue weighted by atomic mass is 32.1. The summed E-state index contributed by atoms with van der Waals surface area (Å²) >= 11 is 1.83. The van der Waals surface area contributed by atoms with Crippen LogP contribution in [0.2, 0.25) is 0 Å². The van der Waals surface area contributed by atoms with E-state index in [2.05, 4.69) is 73.2 Å². The number of fused-ring (bicyclic) bond motifs is 1. The Kier molecular flexibility index (Phi) is 4.37. The number of likely N-dealkylation sites (N-methyl/N-ethyl adjacent to an activating group) is 1. The van der Waals surface area contributed by atoms with Crippen LogP contribution in [0.1, 0.15) is 29.7 Å². The molecule has 0 aliphatic rings. The largest absolute Gasteiger partial charge is 0.313 e. The van der Waals surface area contributed by atoms with Gasteiger partial charge in [-0.15, -0.1) is 11.3 Å². The lowest BCUT2D eigenvalue weighted by atomic mass is 9.97. The number of hydrogen-bond donors (Lipinski definition) is 1. The molecule has 0 radical (unpaired) electrons. The molecule has 0 bridgehead atoms. The van der Waals surface area contributed by atoms with Crippen molar-refractivity contribution in [3.8, 4) is 0 Å². The normalized spacial score (nSPS) is 12.7. The van der Waals surface area contributed by atoms with Gasteiger partial charge in [0.25, 0.3) is 0 Å². The third kappa shape index (κ3) is 3.02. The van der Waals surface area contributed by atoms with E-state index in [-0.39, 0.29) is 0 Å². The number of nitrogens with one attached hydrogen (secondary N) is 1. The van der Waals surface area contributed by atoms with Crippen LogP contribution < -0.4 is 5.32 Å². The fraction of sp³-hybridized carbons (Fsp3) is 0.263. The predicted molar refractivity (Wildman–Crippen MR) is 93.1 cm³/mol. The molecule has 1 N–H and O–H groups in total. The van der Waals surface area contributed by atoms with E-state index in [0.29, 0.717) is 6.04 Å². The first-order valence-corrected chi connectivity index (χ1v) is 8.41. The van der Waals surface area contributed by atoms with Crippen molar-refractivity contribution in [1.82, 2.24) is 5.32 Å². The Morgan fingerprint density at radius 1 is 1.00 bits per heavy atom. The molecule has 3 rings (SSSR count). The topological polar surface area (TPSA) is 12.0 Å². The zero-order chi connectivity index (χ0) is 14.7. The van der Waals surface area contributed by atoms with Gasteiger partial charge in [0.05, 0.1) is 0 Å². The first-order chi connectivity index (χ1) is 10.3.